The summed E-state index contributed by atoms with van der Waals surface area (Å²) in [4.78, 5) is 69.1. The molecular formula is C62H89N3O23S. The number of aryl methyl sites for hydroxylation is 3. The summed E-state index contributed by atoms with van der Waals surface area (Å²) in [5.74, 6) is -2.56. The monoisotopic (exact) mass is 1280 g/mol. The van der Waals surface area contributed by atoms with Crippen LogP contribution in [0, 0.1) is 13.8 Å². The minimum absolute atomic E-state index is 0.00648. The molecule has 0 bridgehead atoms. The van der Waals surface area contributed by atoms with Gasteiger partial charge in [-0.05, 0) is 80.6 Å². The first-order chi connectivity index (χ1) is 43.2. The average molecular weight is 1280 g/mol. The minimum Gasteiger partial charge on any atom is -0.748 e. The first-order valence-corrected chi connectivity index (χ1v) is 31.9. The third-order valence-electron chi connectivity index (χ3n) is 13.2. The quantitative estimate of drug-likeness (QED) is 0.0117. The van der Waals surface area contributed by atoms with Gasteiger partial charge in [0.2, 0.25) is 11.0 Å². The maximum atomic E-state index is 15.0. The van der Waals surface area contributed by atoms with Gasteiger partial charge in [0.25, 0.3) is 17.7 Å². The molecule has 496 valence electrons. The van der Waals surface area contributed by atoms with Gasteiger partial charge in [0.05, 0.1) is 159 Å². The molecule has 1 aliphatic rings. The van der Waals surface area contributed by atoms with Crippen molar-refractivity contribution >= 4 is 61.6 Å². The number of methoxy groups -OCH3 is 1. The Morgan fingerprint density at radius 3 is 1.42 bits per heavy atom. The Labute approximate surface area is 520 Å². The van der Waals surface area contributed by atoms with E-state index in [9.17, 15) is 32.1 Å². The second kappa shape index (κ2) is 42.8. The zero-order chi connectivity index (χ0) is 63.9. The molecule has 1 saturated heterocycles. The molecule has 1 N–H and O–H groups in total. The molecule has 5 rings (SSSR count). The van der Waals surface area contributed by atoms with E-state index in [1.807, 2.05) is 4.57 Å². The fourth-order valence-corrected chi connectivity index (χ4v) is 9.45. The molecule has 89 heavy (non-hydrogen) atoms. The van der Waals surface area contributed by atoms with Crippen molar-refractivity contribution in [3.63, 3.8) is 0 Å². The van der Waals surface area contributed by atoms with Crippen molar-refractivity contribution in [2.75, 3.05) is 171 Å². The SMILES string of the molecule is CCCOCCOCCOCCOCCOCCOc1ccc2c(c1)c(C(=O)Oc1c(C)cc(C(=O)NCCCCCC(=O)ON3C(=O)CCC3=O)cc1C)c1cc(OCCOCCOCCOCCOCCOCCOC)ccc1[n+]2CCCS(=O)(=O)[O-]. The summed E-state index contributed by atoms with van der Waals surface area (Å²) in [5.41, 5.74) is 2.45. The summed E-state index contributed by atoms with van der Waals surface area (Å²) in [7, 11) is -2.95. The molecular weight excluding hydrogens is 1190 g/mol. The van der Waals surface area contributed by atoms with Crippen molar-refractivity contribution in [3.8, 4) is 17.2 Å². The summed E-state index contributed by atoms with van der Waals surface area (Å²) >= 11 is 0. The van der Waals surface area contributed by atoms with Crippen LogP contribution in [0.5, 0.6) is 17.2 Å². The number of unbranched alkanes of at least 4 members (excludes halogenated alkanes) is 2. The number of nitrogens with one attached hydrogen (secondary N) is 1. The highest BCUT2D eigenvalue weighted by molar-refractivity contribution is 7.85. The minimum atomic E-state index is -4.57. The van der Waals surface area contributed by atoms with E-state index in [4.69, 9.17) is 71.2 Å². The van der Waals surface area contributed by atoms with Crippen LogP contribution in [0.1, 0.15) is 90.1 Å². The van der Waals surface area contributed by atoms with E-state index in [0.29, 0.717) is 206 Å². The zero-order valence-corrected chi connectivity index (χ0v) is 52.7. The van der Waals surface area contributed by atoms with E-state index < -0.39 is 39.6 Å². The van der Waals surface area contributed by atoms with Crippen LogP contribution < -0.4 is 24.1 Å². The molecule has 1 fully saturated rings. The summed E-state index contributed by atoms with van der Waals surface area (Å²) < 4.78 is 117. The molecule has 27 heteroatoms. The number of hydrogen-bond donors (Lipinski definition) is 1. The second-order valence-electron chi connectivity index (χ2n) is 20.3. The maximum absolute atomic E-state index is 15.0. The van der Waals surface area contributed by atoms with Gasteiger partial charge in [-0.15, -0.1) is 5.06 Å². The zero-order valence-electron chi connectivity index (χ0n) is 51.9. The van der Waals surface area contributed by atoms with Crippen LogP contribution in [0.3, 0.4) is 0 Å². The van der Waals surface area contributed by atoms with Gasteiger partial charge in [-0.1, -0.05) is 13.3 Å². The Morgan fingerprint density at radius 1 is 0.562 bits per heavy atom. The number of amides is 3. The third-order valence-corrected chi connectivity index (χ3v) is 14.0. The van der Waals surface area contributed by atoms with Gasteiger partial charge in [0.1, 0.15) is 30.5 Å². The molecule has 0 spiro atoms. The normalized spacial score (nSPS) is 12.6. The molecule has 3 amide bonds. The second-order valence-corrected chi connectivity index (χ2v) is 21.8. The Balaban J connectivity index is 1.24. The Bertz CT molecular complexity index is 2870. The number of rotatable bonds is 51. The molecule has 1 aromatic heterocycles. The van der Waals surface area contributed by atoms with Gasteiger partial charge in [0.15, 0.2) is 6.54 Å². The van der Waals surface area contributed by atoms with Crippen molar-refractivity contribution < 1.29 is 113 Å². The van der Waals surface area contributed by atoms with Gasteiger partial charge >= 0.3 is 11.9 Å². The summed E-state index contributed by atoms with van der Waals surface area (Å²) in [6, 6.07) is 13.5. The van der Waals surface area contributed by atoms with E-state index >= 15 is 4.79 Å². The van der Waals surface area contributed by atoms with Crippen LogP contribution in [0.2, 0.25) is 0 Å². The number of hydroxylamine groups is 2. The van der Waals surface area contributed by atoms with Gasteiger partial charge in [0, 0.05) is 69.4 Å². The Hall–Kier alpha value is -6.05. The number of imide groups is 1. The van der Waals surface area contributed by atoms with E-state index in [2.05, 4.69) is 12.2 Å². The number of aromatic nitrogens is 1. The van der Waals surface area contributed by atoms with Crippen molar-refractivity contribution in [1.29, 1.82) is 0 Å². The maximum Gasteiger partial charge on any atom is 0.345 e. The summed E-state index contributed by atoms with van der Waals surface area (Å²) in [6.45, 7) is 14.9. The summed E-state index contributed by atoms with van der Waals surface area (Å²) in [6.07, 6.45) is 2.44. The predicted octanol–water partition coefficient (Wildman–Crippen LogP) is 4.93. The number of fused-ring (bicyclic) bond motifs is 2. The number of esters is 1. The fraction of sp³-hybridized carbons (Fsp3) is 0.613. The first kappa shape index (κ1) is 73.7. The summed E-state index contributed by atoms with van der Waals surface area (Å²) in [5, 5.41) is 4.16. The molecule has 0 aliphatic carbocycles. The van der Waals surface area contributed by atoms with Crippen molar-refractivity contribution in [2.24, 2.45) is 0 Å². The Kier molecular flexibility index (Phi) is 35.5. The van der Waals surface area contributed by atoms with E-state index in [1.165, 1.54) is 0 Å². The molecule has 4 aromatic rings. The molecule has 1 aliphatic heterocycles. The van der Waals surface area contributed by atoms with Crippen LogP contribution in [0.25, 0.3) is 21.8 Å². The molecule has 2 heterocycles. The number of nitrogens with zero attached hydrogens (tertiary/aromatic N) is 2. The van der Waals surface area contributed by atoms with Crippen LogP contribution in [0.4, 0.5) is 0 Å². The molecule has 0 radical (unpaired) electrons. The topological polar surface area (TPSA) is 300 Å². The molecule has 3 aromatic carbocycles. The number of ether oxygens (including phenoxy) is 14. The first-order valence-electron chi connectivity index (χ1n) is 30.3. The average Bonchev–Trinajstić information content (AvgIpc) is 1.20. The van der Waals surface area contributed by atoms with Gasteiger partial charge in [-0.2, -0.15) is 4.57 Å². The highest BCUT2D eigenvalue weighted by atomic mass is 32.2. The lowest BCUT2D eigenvalue weighted by molar-refractivity contribution is -0.645. The smallest absolute Gasteiger partial charge is 0.345 e. The van der Waals surface area contributed by atoms with Gasteiger partial charge < -0.3 is 81.0 Å². The lowest BCUT2D eigenvalue weighted by atomic mass is 10.0. The fourth-order valence-electron chi connectivity index (χ4n) is 8.97. The lowest BCUT2D eigenvalue weighted by Gasteiger charge is -2.17. The van der Waals surface area contributed by atoms with Crippen LogP contribution in [-0.4, -0.2) is 219 Å². The van der Waals surface area contributed by atoms with Crippen LogP contribution >= 0.6 is 0 Å². The number of hydrogen-bond acceptors (Lipinski definition) is 23. The Morgan fingerprint density at radius 2 is 0.989 bits per heavy atom. The predicted molar refractivity (Wildman–Crippen MR) is 321 cm³/mol. The number of carbonyl (C=O) groups excluding carboxylic acids is 5. The van der Waals surface area contributed by atoms with Crippen molar-refractivity contribution in [2.45, 2.75) is 78.7 Å². The standard InChI is InChI=1S/C62H89N3O23S/c1-5-19-75-22-23-77-26-27-79-30-32-81-34-36-83-38-40-85-50-11-13-54-52(45-50)59(62(70)87-60-47(2)43-49(44-48(60)3)61(69)63-17-8-6-7-10-58(68)88-65-56(66)15-16-57(65)67)53-46-51(12-14-55(53)64(54)18-9-42-89(71,72)73)86-41-39-84-37-35-82-33-31-80-29-28-78-25-24-76-21-20-74-4/h11-14,43-46H,5-10,15-42H2,1-4H3,(H-,63,69,71,72,73). The van der Waals surface area contributed by atoms with Crippen LogP contribution in [0.15, 0.2) is 48.5 Å². The van der Waals surface area contributed by atoms with Gasteiger partial charge in [-0.25, -0.2) is 18.0 Å². The van der Waals surface area contributed by atoms with E-state index in [0.717, 1.165) is 6.42 Å². The molecule has 26 nitrogen and oxygen atoms in total. The van der Waals surface area contributed by atoms with E-state index in [1.54, 1.807) is 69.5 Å². The van der Waals surface area contributed by atoms with Crippen molar-refractivity contribution in [3.05, 3.63) is 70.8 Å². The highest BCUT2D eigenvalue weighted by Crippen LogP contribution is 2.34. The molecule has 0 atom stereocenters. The molecule has 0 unspecified atom stereocenters. The van der Waals surface area contributed by atoms with Crippen LogP contribution in [-0.2, 0) is 88.0 Å². The van der Waals surface area contributed by atoms with Gasteiger partial charge in [-0.3, -0.25) is 14.4 Å². The third kappa shape index (κ3) is 28.3. The van der Waals surface area contributed by atoms with E-state index in [-0.39, 0.29) is 75.9 Å². The number of benzene rings is 3. The molecule has 0 saturated carbocycles. The number of carbonyl (C=O) groups is 5. The number of pyridine rings is 1. The highest BCUT2D eigenvalue weighted by Gasteiger charge is 2.33. The lowest BCUT2D eigenvalue weighted by Crippen LogP contribution is -2.37. The largest absolute Gasteiger partial charge is 0.748 e. The van der Waals surface area contributed by atoms with Crippen molar-refractivity contribution in [1.82, 2.24) is 10.4 Å².